The second kappa shape index (κ2) is 7.85. The predicted molar refractivity (Wildman–Crippen MR) is 127 cm³/mol. The van der Waals surface area contributed by atoms with Gasteiger partial charge >= 0.3 is 6.09 Å². The van der Waals surface area contributed by atoms with Crippen LogP contribution < -0.4 is 10.2 Å². The zero-order valence-corrected chi connectivity index (χ0v) is 18.8. The molecule has 0 radical (unpaired) electrons. The SMILES string of the molecule is C[C@H]1CCc2c(ccc3c2nc(Cc2ccccc2)n3[C@H]2CC[C@H]3C(O)NC[C@H]32)N1C(=O)O. The number of hydrogen-bond donors (Lipinski definition) is 3. The first-order valence-corrected chi connectivity index (χ1v) is 12.0. The average Bonchev–Trinajstić information content (AvgIpc) is 3.48. The second-order valence-electron chi connectivity index (χ2n) is 9.86. The van der Waals surface area contributed by atoms with Crippen LogP contribution in [0.15, 0.2) is 42.5 Å². The Labute approximate surface area is 193 Å². The van der Waals surface area contributed by atoms with Gasteiger partial charge in [0.25, 0.3) is 0 Å². The molecule has 3 heterocycles. The van der Waals surface area contributed by atoms with Crippen molar-refractivity contribution < 1.29 is 15.0 Å². The van der Waals surface area contributed by atoms with Gasteiger partial charge in [0.05, 0.1) is 16.7 Å². The third-order valence-electron chi connectivity index (χ3n) is 8.08. The molecule has 2 aliphatic heterocycles. The van der Waals surface area contributed by atoms with Crippen molar-refractivity contribution in [1.82, 2.24) is 14.9 Å². The molecule has 2 fully saturated rings. The highest BCUT2D eigenvalue weighted by Gasteiger charge is 2.46. The van der Waals surface area contributed by atoms with Crippen LogP contribution in [0.4, 0.5) is 10.5 Å². The molecule has 1 aromatic heterocycles. The maximum atomic E-state index is 12.0. The molecular formula is C26H30N4O3. The van der Waals surface area contributed by atoms with Gasteiger partial charge in [-0.15, -0.1) is 0 Å². The predicted octanol–water partition coefficient (Wildman–Crippen LogP) is 3.94. The Kier molecular flexibility index (Phi) is 4.92. The topological polar surface area (TPSA) is 90.6 Å². The van der Waals surface area contributed by atoms with Gasteiger partial charge in [-0.05, 0) is 56.2 Å². The van der Waals surface area contributed by atoms with Crippen LogP contribution in [0.1, 0.15) is 49.2 Å². The van der Waals surface area contributed by atoms with Gasteiger partial charge in [-0.2, -0.15) is 0 Å². The molecule has 7 heteroatoms. The quantitative estimate of drug-likeness (QED) is 0.567. The molecule has 172 valence electrons. The molecule has 3 N–H and O–H groups in total. The minimum Gasteiger partial charge on any atom is -0.465 e. The number of carbonyl (C=O) groups is 1. The summed E-state index contributed by atoms with van der Waals surface area (Å²) >= 11 is 0. The number of nitrogens with zero attached hydrogens (tertiary/aromatic N) is 3. The Morgan fingerprint density at radius 2 is 1.94 bits per heavy atom. The lowest BCUT2D eigenvalue weighted by molar-refractivity contribution is 0.106. The van der Waals surface area contributed by atoms with E-state index in [4.69, 9.17) is 4.98 Å². The smallest absolute Gasteiger partial charge is 0.412 e. The molecule has 3 aromatic rings. The summed E-state index contributed by atoms with van der Waals surface area (Å²) in [4.78, 5) is 18.7. The van der Waals surface area contributed by atoms with Crippen LogP contribution in [-0.2, 0) is 12.8 Å². The Morgan fingerprint density at radius 1 is 1.12 bits per heavy atom. The first kappa shape index (κ1) is 20.7. The van der Waals surface area contributed by atoms with E-state index in [1.807, 2.05) is 19.1 Å². The van der Waals surface area contributed by atoms with Gasteiger partial charge in [0.2, 0.25) is 0 Å². The number of amides is 1. The lowest BCUT2D eigenvalue weighted by atomic mass is 9.94. The average molecular weight is 447 g/mol. The summed E-state index contributed by atoms with van der Waals surface area (Å²) in [5, 5.41) is 23.5. The molecule has 33 heavy (non-hydrogen) atoms. The molecule has 1 unspecified atom stereocenters. The number of carboxylic acid groups (broad SMARTS) is 1. The summed E-state index contributed by atoms with van der Waals surface area (Å²) in [6, 6.07) is 14.7. The van der Waals surface area contributed by atoms with E-state index in [1.165, 1.54) is 10.5 Å². The standard InChI is InChI=1S/C26H30N4O3/c1-15-7-8-18-20(29(15)26(32)33)11-12-22-24(18)28-23(13-16-5-3-2-4-6-16)30(22)21-10-9-17-19(21)14-27-25(17)31/h2-6,11-12,15,17,19,21,25,27,31H,7-10,13-14H2,1H3,(H,32,33)/t15-,17+,19+,21-,25?/m0/s1. The van der Waals surface area contributed by atoms with E-state index in [0.717, 1.165) is 66.8 Å². The number of nitrogens with one attached hydrogen (secondary N) is 1. The Bertz CT molecular complexity index is 1210. The molecule has 0 spiro atoms. The van der Waals surface area contributed by atoms with E-state index in [9.17, 15) is 15.0 Å². The molecule has 7 nitrogen and oxygen atoms in total. The van der Waals surface area contributed by atoms with E-state index in [1.54, 1.807) is 0 Å². The number of imidazole rings is 1. The summed E-state index contributed by atoms with van der Waals surface area (Å²) in [5.41, 5.74) is 5.05. The first-order valence-electron chi connectivity index (χ1n) is 12.0. The van der Waals surface area contributed by atoms with Crippen molar-refractivity contribution in [3.63, 3.8) is 0 Å². The lowest BCUT2D eigenvalue weighted by Gasteiger charge is -2.33. The van der Waals surface area contributed by atoms with Crippen molar-refractivity contribution in [3.8, 4) is 0 Å². The number of hydrogen-bond acceptors (Lipinski definition) is 4. The molecule has 3 aliphatic rings. The maximum absolute atomic E-state index is 12.0. The third kappa shape index (κ3) is 3.25. The fourth-order valence-corrected chi connectivity index (χ4v) is 6.50. The van der Waals surface area contributed by atoms with Gasteiger partial charge < -0.3 is 14.8 Å². The minimum atomic E-state index is -0.906. The van der Waals surface area contributed by atoms with E-state index < -0.39 is 12.3 Å². The number of aliphatic hydroxyl groups is 1. The van der Waals surface area contributed by atoms with Crippen LogP contribution in [0.5, 0.6) is 0 Å². The van der Waals surface area contributed by atoms with Gasteiger partial charge in [-0.1, -0.05) is 30.3 Å². The zero-order valence-electron chi connectivity index (χ0n) is 18.8. The molecule has 2 aromatic carbocycles. The Hall–Kier alpha value is -2.90. The molecule has 5 atom stereocenters. The van der Waals surface area contributed by atoms with Crippen molar-refractivity contribution in [1.29, 1.82) is 0 Å². The molecule has 0 bridgehead atoms. The normalized spacial score (nSPS) is 28.8. The van der Waals surface area contributed by atoms with E-state index >= 15 is 0 Å². The molecule has 1 saturated carbocycles. The van der Waals surface area contributed by atoms with Gasteiger partial charge in [-0.3, -0.25) is 10.2 Å². The van der Waals surface area contributed by atoms with Gasteiger partial charge in [0.1, 0.15) is 12.1 Å². The number of aryl methyl sites for hydroxylation is 1. The summed E-state index contributed by atoms with van der Waals surface area (Å²) in [5.74, 6) is 1.67. The monoisotopic (exact) mass is 446 g/mol. The number of rotatable bonds is 3. The van der Waals surface area contributed by atoms with E-state index in [0.29, 0.717) is 5.92 Å². The molecule has 6 rings (SSSR count). The molecule has 1 amide bonds. The van der Waals surface area contributed by atoms with Crippen LogP contribution in [-0.4, -0.2) is 44.7 Å². The summed E-state index contributed by atoms with van der Waals surface area (Å²) in [7, 11) is 0. The second-order valence-corrected chi connectivity index (χ2v) is 9.86. The van der Waals surface area contributed by atoms with Crippen molar-refractivity contribution in [2.75, 3.05) is 11.4 Å². The summed E-state index contributed by atoms with van der Waals surface area (Å²) < 4.78 is 2.41. The highest BCUT2D eigenvalue weighted by atomic mass is 16.4. The fraction of sp³-hybridized carbons (Fsp3) is 0.462. The minimum absolute atomic E-state index is 0.0417. The molecular weight excluding hydrogens is 416 g/mol. The third-order valence-corrected chi connectivity index (χ3v) is 8.08. The van der Waals surface area contributed by atoms with Crippen molar-refractivity contribution >= 4 is 22.8 Å². The number of benzene rings is 2. The highest BCUT2D eigenvalue weighted by molar-refractivity contribution is 5.94. The van der Waals surface area contributed by atoms with Crippen LogP contribution in [0.3, 0.4) is 0 Å². The highest BCUT2D eigenvalue weighted by Crippen LogP contribution is 2.47. The molecule has 1 aliphatic carbocycles. The van der Waals surface area contributed by atoms with Gasteiger partial charge in [-0.25, -0.2) is 9.78 Å². The Morgan fingerprint density at radius 3 is 2.73 bits per heavy atom. The maximum Gasteiger partial charge on any atom is 0.412 e. The van der Waals surface area contributed by atoms with Crippen LogP contribution in [0.2, 0.25) is 0 Å². The van der Waals surface area contributed by atoms with Crippen molar-refractivity contribution in [2.24, 2.45) is 11.8 Å². The summed E-state index contributed by atoms with van der Waals surface area (Å²) in [6.45, 7) is 2.79. The Balaban J connectivity index is 1.52. The van der Waals surface area contributed by atoms with Crippen LogP contribution in [0, 0.1) is 11.8 Å². The van der Waals surface area contributed by atoms with E-state index in [2.05, 4.69) is 40.2 Å². The van der Waals surface area contributed by atoms with E-state index in [-0.39, 0.29) is 18.0 Å². The lowest BCUT2D eigenvalue weighted by Crippen LogP contribution is -2.41. The fourth-order valence-electron chi connectivity index (χ4n) is 6.50. The number of fused-ring (bicyclic) bond motifs is 4. The van der Waals surface area contributed by atoms with Crippen LogP contribution >= 0.6 is 0 Å². The number of aromatic nitrogens is 2. The van der Waals surface area contributed by atoms with Gasteiger partial charge in [0, 0.05) is 36.5 Å². The summed E-state index contributed by atoms with van der Waals surface area (Å²) in [6.07, 6.45) is 3.05. The van der Waals surface area contributed by atoms with Crippen molar-refractivity contribution in [3.05, 3.63) is 59.4 Å². The van der Waals surface area contributed by atoms with Crippen molar-refractivity contribution in [2.45, 2.75) is 57.3 Å². The first-order chi connectivity index (χ1) is 16.0. The zero-order chi connectivity index (χ0) is 22.7. The largest absolute Gasteiger partial charge is 0.465 e. The molecule has 1 saturated heterocycles. The number of aliphatic hydroxyl groups excluding tert-OH is 1. The van der Waals surface area contributed by atoms with Crippen LogP contribution in [0.25, 0.3) is 11.0 Å². The number of anilines is 1. The van der Waals surface area contributed by atoms with Gasteiger partial charge in [0.15, 0.2) is 0 Å².